The summed E-state index contributed by atoms with van der Waals surface area (Å²) in [6.45, 7) is 12.0. The molecule has 1 aliphatic heterocycles. The first-order valence-corrected chi connectivity index (χ1v) is 13.7. The molecule has 2 heterocycles. The molecule has 0 bridgehead atoms. The lowest BCUT2D eigenvalue weighted by molar-refractivity contribution is 0.245. The largest absolute Gasteiger partial charge is 0.506 e. The predicted molar refractivity (Wildman–Crippen MR) is 162 cm³/mol. The molecule has 0 unspecified atom stereocenters. The second kappa shape index (κ2) is 9.50. The number of aromatic hydroxyl groups is 1. The second-order valence-electron chi connectivity index (χ2n) is 11.3. The Morgan fingerprint density at radius 2 is 1.73 bits per heavy atom. The van der Waals surface area contributed by atoms with Crippen LogP contribution in [-0.2, 0) is 6.42 Å². The molecule has 6 heteroatoms. The highest BCUT2D eigenvalue weighted by Gasteiger charge is 2.49. The van der Waals surface area contributed by atoms with E-state index in [-0.39, 0.29) is 23.2 Å². The van der Waals surface area contributed by atoms with Gasteiger partial charge in [0.2, 0.25) is 5.88 Å². The van der Waals surface area contributed by atoms with Gasteiger partial charge in [-0.05, 0) is 59.4 Å². The number of nitrogens with zero attached hydrogens (tertiary/aromatic N) is 4. The summed E-state index contributed by atoms with van der Waals surface area (Å²) in [5.74, 6) is 2.02. The van der Waals surface area contributed by atoms with E-state index in [1.807, 2.05) is 54.6 Å². The molecular formula is C35H28N4O2. The molecule has 6 nitrogen and oxygen atoms in total. The number of phenols is 1. The van der Waals surface area contributed by atoms with E-state index in [2.05, 4.69) is 58.9 Å². The lowest BCUT2D eigenvalue weighted by Crippen LogP contribution is -2.43. The standard InChI is InChI=1S/C35H28N4O2/c1-35(2)21-24-8-4-5-12-28(24)32-33(35)38-34(39(32)26-17-15-25(36-3)16-18-26)23-10-6-11-27(20-23)41-30-19-14-22-9-7-13-29(40)31(22)37-30/h4-20,32-33,40H,21H2,1-2H3/t32-,33-/m1/s1. The minimum Gasteiger partial charge on any atom is -0.506 e. The number of phenolic OH excluding ortho intramolecular Hbond substituents is 1. The van der Waals surface area contributed by atoms with Crippen molar-refractivity contribution < 1.29 is 9.84 Å². The summed E-state index contributed by atoms with van der Waals surface area (Å²) in [7, 11) is 0. The fourth-order valence-electron chi connectivity index (χ4n) is 6.20. The van der Waals surface area contributed by atoms with Gasteiger partial charge in [0.05, 0.1) is 18.7 Å². The summed E-state index contributed by atoms with van der Waals surface area (Å²) in [4.78, 5) is 15.9. The Balaban J connectivity index is 1.32. The number of rotatable bonds is 4. The number of aromatic nitrogens is 1. The van der Waals surface area contributed by atoms with E-state index >= 15 is 0 Å². The van der Waals surface area contributed by atoms with E-state index in [1.165, 1.54) is 11.1 Å². The maximum Gasteiger partial charge on any atom is 0.219 e. The summed E-state index contributed by atoms with van der Waals surface area (Å²) in [5, 5.41) is 11.1. The topological polar surface area (TPSA) is 62.3 Å². The van der Waals surface area contributed by atoms with Crippen LogP contribution in [0, 0.1) is 12.0 Å². The Morgan fingerprint density at radius 3 is 2.56 bits per heavy atom. The van der Waals surface area contributed by atoms with Crippen molar-refractivity contribution in [1.29, 1.82) is 0 Å². The van der Waals surface area contributed by atoms with Gasteiger partial charge in [-0.3, -0.25) is 4.99 Å². The molecule has 0 fully saturated rings. The smallest absolute Gasteiger partial charge is 0.219 e. The molecule has 7 rings (SSSR count). The van der Waals surface area contributed by atoms with Crippen molar-refractivity contribution in [2.24, 2.45) is 10.4 Å². The number of fused-ring (bicyclic) bond motifs is 4. The van der Waals surface area contributed by atoms with Crippen molar-refractivity contribution in [1.82, 2.24) is 4.98 Å². The van der Waals surface area contributed by atoms with Crippen molar-refractivity contribution >= 4 is 28.1 Å². The highest BCUT2D eigenvalue weighted by Crippen LogP contribution is 2.51. The molecule has 0 saturated heterocycles. The molecule has 0 radical (unpaired) electrons. The number of ether oxygens (including phenoxy) is 1. The average molecular weight is 537 g/mol. The summed E-state index contributed by atoms with van der Waals surface area (Å²) in [6, 6.07) is 33.4. The minimum absolute atomic E-state index is 0.0263. The Hall–Kier alpha value is -5.15. The van der Waals surface area contributed by atoms with Crippen LogP contribution in [0.15, 0.2) is 108 Å². The van der Waals surface area contributed by atoms with Gasteiger partial charge in [0.1, 0.15) is 22.9 Å². The van der Waals surface area contributed by atoms with Crippen molar-refractivity contribution in [2.75, 3.05) is 4.90 Å². The molecule has 0 amide bonds. The van der Waals surface area contributed by atoms with Gasteiger partial charge in [0.25, 0.3) is 0 Å². The molecule has 41 heavy (non-hydrogen) atoms. The van der Waals surface area contributed by atoms with Gasteiger partial charge in [-0.15, -0.1) is 0 Å². The van der Waals surface area contributed by atoms with E-state index < -0.39 is 0 Å². The lowest BCUT2D eigenvalue weighted by atomic mass is 9.68. The van der Waals surface area contributed by atoms with Crippen LogP contribution in [-0.4, -0.2) is 22.0 Å². The summed E-state index contributed by atoms with van der Waals surface area (Å²) < 4.78 is 6.20. The fraction of sp³-hybridized carbons (Fsp3) is 0.171. The van der Waals surface area contributed by atoms with Crippen molar-refractivity contribution in [3.8, 4) is 17.4 Å². The molecule has 200 valence electrons. The van der Waals surface area contributed by atoms with Crippen LogP contribution < -0.4 is 9.64 Å². The molecule has 5 aromatic rings. The van der Waals surface area contributed by atoms with E-state index in [0.717, 1.165) is 28.9 Å². The van der Waals surface area contributed by atoms with Gasteiger partial charge in [-0.1, -0.05) is 74.5 Å². The van der Waals surface area contributed by atoms with Crippen LogP contribution in [0.4, 0.5) is 11.4 Å². The lowest BCUT2D eigenvalue weighted by Gasteiger charge is -2.43. The first kappa shape index (κ1) is 24.9. The number of para-hydroxylation sites is 1. The van der Waals surface area contributed by atoms with Crippen LogP contribution in [0.5, 0.6) is 17.4 Å². The normalized spacial score (nSPS) is 18.8. The van der Waals surface area contributed by atoms with E-state index in [4.69, 9.17) is 16.3 Å². The van der Waals surface area contributed by atoms with Crippen LogP contribution in [0.2, 0.25) is 0 Å². The number of aliphatic imine (C=N–C) groups is 1. The SMILES string of the molecule is [C-]#[N+]c1ccc(N2C(c3cccc(Oc4ccc5cccc(O)c5n4)c3)=N[C@@H]3[C@H]2c2ccccc2CC3(C)C)cc1. The maximum absolute atomic E-state index is 10.3. The van der Waals surface area contributed by atoms with Gasteiger partial charge in [0.15, 0.2) is 5.69 Å². The van der Waals surface area contributed by atoms with E-state index in [0.29, 0.717) is 22.8 Å². The molecular weight excluding hydrogens is 508 g/mol. The third-order valence-corrected chi connectivity index (χ3v) is 8.13. The molecule has 2 aliphatic rings. The summed E-state index contributed by atoms with van der Waals surface area (Å²) in [5.41, 5.74) is 5.62. The quantitative estimate of drug-likeness (QED) is 0.235. The Bertz CT molecular complexity index is 1870. The Labute approximate surface area is 239 Å². The zero-order valence-electron chi connectivity index (χ0n) is 22.8. The average Bonchev–Trinajstić information content (AvgIpc) is 3.40. The van der Waals surface area contributed by atoms with Gasteiger partial charge in [-0.2, -0.15) is 0 Å². The summed E-state index contributed by atoms with van der Waals surface area (Å²) >= 11 is 0. The molecule has 0 spiro atoms. The summed E-state index contributed by atoms with van der Waals surface area (Å²) in [6.07, 6.45) is 0.954. The number of benzene rings is 4. The number of amidine groups is 1. The monoisotopic (exact) mass is 536 g/mol. The van der Waals surface area contributed by atoms with Crippen molar-refractivity contribution in [3.05, 3.63) is 131 Å². The molecule has 1 aromatic heterocycles. The van der Waals surface area contributed by atoms with Crippen molar-refractivity contribution in [3.63, 3.8) is 0 Å². The fourth-order valence-corrected chi connectivity index (χ4v) is 6.20. The molecule has 1 aliphatic carbocycles. The van der Waals surface area contributed by atoms with Gasteiger partial charge < -0.3 is 14.7 Å². The number of anilines is 1. The highest BCUT2D eigenvalue weighted by atomic mass is 16.5. The van der Waals surface area contributed by atoms with Gasteiger partial charge in [-0.25, -0.2) is 9.83 Å². The first-order valence-electron chi connectivity index (χ1n) is 13.7. The van der Waals surface area contributed by atoms with Crippen molar-refractivity contribution in [2.45, 2.75) is 32.4 Å². The predicted octanol–water partition coefficient (Wildman–Crippen LogP) is 8.24. The third-order valence-electron chi connectivity index (χ3n) is 8.13. The third kappa shape index (κ3) is 4.27. The highest BCUT2D eigenvalue weighted by molar-refractivity contribution is 6.12. The molecule has 1 N–H and O–H groups in total. The Morgan fingerprint density at radius 1 is 0.927 bits per heavy atom. The molecule has 2 atom stereocenters. The van der Waals surface area contributed by atoms with E-state index in [1.54, 1.807) is 18.2 Å². The van der Waals surface area contributed by atoms with Crippen LogP contribution >= 0.6 is 0 Å². The first-order chi connectivity index (χ1) is 19.9. The molecule has 4 aromatic carbocycles. The second-order valence-corrected chi connectivity index (χ2v) is 11.3. The van der Waals surface area contributed by atoms with E-state index in [9.17, 15) is 5.11 Å². The molecule has 0 saturated carbocycles. The number of hydrogen-bond donors (Lipinski definition) is 1. The Kier molecular flexibility index (Phi) is 5.76. The van der Waals surface area contributed by atoms with Crippen LogP contribution in [0.3, 0.4) is 0 Å². The number of pyridine rings is 1. The minimum atomic E-state index is -0.0550. The zero-order valence-corrected chi connectivity index (χ0v) is 22.8. The zero-order chi connectivity index (χ0) is 28.1. The van der Waals surface area contributed by atoms with Gasteiger partial charge in [0, 0.05) is 22.7 Å². The maximum atomic E-state index is 10.3. The van der Waals surface area contributed by atoms with Crippen LogP contribution in [0.25, 0.3) is 15.7 Å². The number of hydrogen-bond acceptors (Lipinski definition) is 5. The van der Waals surface area contributed by atoms with Crippen LogP contribution in [0.1, 0.15) is 36.6 Å². The van der Waals surface area contributed by atoms with Gasteiger partial charge >= 0.3 is 0 Å².